The van der Waals surface area contributed by atoms with E-state index in [9.17, 15) is 9.59 Å². The number of amides is 1. The topological polar surface area (TPSA) is 55.2 Å². The number of para-hydroxylation sites is 1. The minimum absolute atomic E-state index is 0.0553. The summed E-state index contributed by atoms with van der Waals surface area (Å²) in [4.78, 5) is 34.3. The van der Waals surface area contributed by atoms with Crippen molar-refractivity contribution in [3.8, 4) is 5.69 Å². The molecule has 3 aromatic rings. The zero-order chi connectivity index (χ0) is 23.7. The van der Waals surface area contributed by atoms with Crippen LogP contribution in [0.5, 0.6) is 0 Å². The highest BCUT2D eigenvalue weighted by atomic mass is 35.5. The fourth-order valence-electron chi connectivity index (χ4n) is 4.88. The first-order valence-corrected chi connectivity index (χ1v) is 12.2. The number of hydrogen-bond acceptors (Lipinski definition) is 3. The maximum atomic E-state index is 13.8. The van der Waals surface area contributed by atoms with Crippen molar-refractivity contribution in [1.82, 2.24) is 14.5 Å². The van der Waals surface area contributed by atoms with Gasteiger partial charge in [-0.15, -0.1) is 0 Å². The number of nitrogens with zero attached hydrogens (tertiary/aromatic N) is 3. The third-order valence-electron chi connectivity index (χ3n) is 6.67. The predicted octanol–water partition coefficient (Wildman–Crippen LogP) is 6.08. The van der Waals surface area contributed by atoms with Crippen LogP contribution in [0.1, 0.15) is 63.9 Å². The molecular formula is C27H32ClN3O2. The van der Waals surface area contributed by atoms with E-state index in [4.69, 9.17) is 16.6 Å². The highest BCUT2D eigenvalue weighted by molar-refractivity contribution is 6.31. The second-order valence-electron chi connectivity index (χ2n) is 9.55. The lowest BCUT2D eigenvalue weighted by molar-refractivity contribution is -0.138. The summed E-state index contributed by atoms with van der Waals surface area (Å²) >= 11 is 6.43. The van der Waals surface area contributed by atoms with Crippen LogP contribution in [-0.4, -0.2) is 26.9 Å². The van der Waals surface area contributed by atoms with Gasteiger partial charge in [-0.2, -0.15) is 0 Å². The summed E-state index contributed by atoms with van der Waals surface area (Å²) in [6.45, 7) is 8.74. The summed E-state index contributed by atoms with van der Waals surface area (Å²) in [5.41, 5.74) is 2.00. The maximum Gasteiger partial charge on any atom is 0.266 e. The van der Waals surface area contributed by atoms with E-state index < -0.39 is 0 Å². The summed E-state index contributed by atoms with van der Waals surface area (Å²) < 4.78 is 1.66. The monoisotopic (exact) mass is 465 g/mol. The van der Waals surface area contributed by atoms with Crippen LogP contribution >= 0.6 is 11.6 Å². The Balaban J connectivity index is 1.93. The molecule has 2 aromatic carbocycles. The van der Waals surface area contributed by atoms with Crippen molar-refractivity contribution in [3.63, 3.8) is 0 Å². The standard InChI is InChI=1S/C27H32ClN3O2/c1-17(2)16-30(26(32)20-10-5-6-11-20)19(4)25-29-23-14-8-7-12-21(23)27(33)31(25)24-15-9-13-22(28)18(24)3/h7-9,12-15,17,19-20H,5-6,10-11,16H2,1-4H3. The number of benzene rings is 2. The van der Waals surface area contributed by atoms with Crippen LogP contribution in [-0.2, 0) is 4.79 Å². The highest BCUT2D eigenvalue weighted by Crippen LogP contribution is 2.32. The first-order valence-electron chi connectivity index (χ1n) is 11.9. The zero-order valence-corrected chi connectivity index (χ0v) is 20.6. The normalized spacial score (nSPS) is 15.3. The van der Waals surface area contributed by atoms with Gasteiger partial charge in [0.2, 0.25) is 5.91 Å². The highest BCUT2D eigenvalue weighted by Gasteiger charge is 2.33. The summed E-state index contributed by atoms with van der Waals surface area (Å²) in [5.74, 6) is 1.09. The lowest BCUT2D eigenvalue weighted by Crippen LogP contribution is -2.42. The number of rotatable bonds is 6. The van der Waals surface area contributed by atoms with Crippen LogP contribution in [0.4, 0.5) is 0 Å². The zero-order valence-electron chi connectivity index (χ0n) is 19.8. The van der Waals surface area contributed by atoms with Crippen LogP contribution in [0.25, 0.3) is 16.6 Å². The molecule has 0 bridgehead atoms. The second-order valence-corrected chi connectivity index (χ2v) is 9.96. The summed E-state index contributed by atoms with van der Waals surface area (Å²) in [6.07, 6.45) is 4.07. The van der Waals surface area contributed by atoms with Crippen molar-refractivity contribution < 1.29 is 4.79 Å². The molecule has 4 rings (SSSR count). The smallest absolute Gasteiger partial charge is 0.266 e. The number of halogens is 1. The number of hydrogen-bond donors (Lipinski definition) is 0. The van der Waals surface area contributed by atoms with Crippen LogP contribution in [0.3, 0.4) is 0 Å². The van der Waals surface area contributed by atoms with Gasteiger partial charge in [0.25, 0.3) is 5.56 Å². The largest absolute Gasteiger partial charge is 0.332 e. The van der Waals surface area contributed by atoms with Gasteiger partial charge in [0.1, 0.15) is 5.82 Å². The molecule has 1 heterocycles. The van der Waals surface area contributed by atoms with Crippen LogP contribution in [0.2, 0.25) is 5.02 Å². The lowest BCUT2D eigenvalue weighted by Gasteiger charge is -2.34. The Morgan fingerprint density at radius 2 is 1.82 bits per heavy atom. The van der Waals surface area contributed by atoms with Gasteiger partial charge in [-0.05, 0) is 62.4 Å². The molecule has 6 heteroatoms. The van der Waals surface area contributed by atoms with E-state index in [1.54, 1.807) is 10.6 Å². The van der Waals surface area contributed by atoms with E-state index in [-0.39, 0.29) is 23.4 Å². The molecule has 1 atom stereocenters. The molecule has 1 fully saturated rings. The van der Waals surface area contributed by atoms with Crippen molar-refractivity contribution in [3.05, 3.63) is 69.2 Å². The van der Waals surface area contributed by atoms with Crippen molar-refractivity contribution in [2.24, 2.45) is 11.8 Å². The maximum absolute atomic E-state index is 13.8. The number of carbonyl (C=O) groups is 1. The van der Waals surface area contributed by atoms with E-state index in [2.05, 4.69) is 13.8 Å². The molecule has 1 aliphatic rings. The summed E-state index contributed by atoms with van der Waals surface area (Å²) in [7, 11) is 0. The Bertz CT molecular complexity index is 1230. The summed E-state index contributed by atoms with van der Waals surface area (Å²) in [5, 5.41) is 1.14. The SMILES string of the molecule is Cc1c(Cl)cccc1-n1c(C(C)N(CC(C)C)C(=O)C2CCCC2)nc2ccccc2c1=O. The average molecular weight is 466 g/mol. The average Bonchev–Trinajstić information content (AvgIpc) is 3.34. The molecular weight excluding hydrogens is 434 g/mol. The molecule has 0 radical (unpaired) electrons. The minimum Gasteiger partial charge on any atom is -0.332 e. The van der Waals surface area contributed by atoms with E-state index in [1.807, 2.05) is 55.1 Å². The van der Waals surface area contributed by atoms with Gasteiger partial charge in [-0.25, -0.2) is 4.98 Å². The minimum atomic E-state index is -0.365. The van der Waals surface area contributed by atoms with E-state index >= 15 is 0 Å². The second kappa shape index (κ2) is 9.68. The molecule has 0 aliphatic heterocycles. The van der Waals surface area contributed by atoms with Crippen molar-refractivity contribution >= 4 is 28.4 Å². The number of carbonyl (C=O) groups excluding carboxylic acids is 1. The van der Waals surface area contributed by atoms with Crippen molar-refractivity contribution in [2.45, 2.75) is 59.4 Å². The van der Waals surface area contributed by atoms with Gasteiger partial charge < -0.3 is 4.90 Å². The van der Waals surface area contributed by atoms with Crippen molar-refractivity contribution in [2.75, 3.05) is 6.54 Å². The molecule has 33 heavy (non-hydrogen) atoms. The van der Waals surface area contributed by atoms with Gasteiger partial charge in [0.05, 0.1) is 22.6 Å². The fraction of sp³-hybridized carbons (Fsp3) is 0.444. The molecule has 0 spiro atoms. The predicted molar refractivity (Wildman–Crippen MR) is 134 cm³/mol. The third-order valence-corrected chi connectivity index (χ3v) is 7.08. The quantitative estimate of drug-likeness (QED) is 0.443. The lowest BCUT2D eigenvalue weighted by atomic mass is 10.0. The molecule has 1 aromatic heterocycles. The van der Waals surface area contributed by atoms with Gasteiger partial charge in [-0.3, -0.25) is 14.2 Å². The number of aromatic nitrogens is 2. The Hall–Kier alpha value is -2.66. The molecule has 0 saturated heterocycles. The fourth-order valence-corrected chi connectivity index (χ4v) is 5.05. The molecule has 0 N–H and O–H groups in total. The number of fused-ring (bicyclic) bond motifs is 1. The van der Waals surface area contributed by atoms with Crippen LogP contribution in [0.15, 0.2) is 47.3 Å². The van der Waals surface area contributed by atoms with E-state index in [1.165, 1.54) is 0 Å². The molecule has 1 saturated carbocycles. The van der Waals surface area contributed by atoms with E-state index in [0.29, 0.717) is 39.9 Å². The molecule has 1 amide bonds. The Labute approximate surface area is 200 Å². The van der Waals surface area contributed by atoms with Crippen LogP contribution in [0, 0.1) is 18.8 Å². The molecule has 174 valence electrons. The van der Waals surface area contributed by atoms with Crippen molar-refractivity contribution in [1.29, 1.82) is 0 Å². The third kappa shape index (κ3) is 4.56. The van der Waals surface area contributed by atoms with E-state index in [0.717, 1.165) is 31.2 Å². The van der Waals surface area contributed by atoms with Crippen LogP contribution < -0.4 is 5.56 Å². The summed E-state index contributed by atoms with van der Waals surface area (Å²) in [6, 6.07) is 12.6. The first-order chi connectivity index (χ1) is 15.8. The van der Waals surface area contributed by atoms with Gasteiger partial charge >= 0.3 is 0 Å². The van der Waals surface area contributed by atoms with Gasteiger partial charge in [-0.1, -0.05) is 56.5 Å². The van der Waals surface area contributed by atoms with Gasteiger partial charge in [0, 0.05) is 17.5 Å². The van der Waals surface area contributed by atoms with Gasteiger partial charge in [0.15, 0.2) is 0 Å². The Morgan fingerprint density at radius 1 is 1.12 bits per heavy atom. The Kier molecular flexibility index (Phi) is 6.89. The molecule has 1 aliphatic carbocycles. The Morgan fingerprint density at radius 3 is 2.52 bits per heavy atom. The first kappa shape index (κ1) is 23.5. The molecule has 5 nitrogen and oxygen atoms in total. The molecule has 1 unspecified atom stereocenters.